The Hall–Kier alpha value is -2.26. The fraction of sp³-hybridized carbons (Fsp3) is 0.176. The summed E-state index contributed by atoms with van der Waals surface area (Å²) in [7, 11) is 1.96. The average Bonchev–Trinajstić information content (AvgIpc) is 2.50. The highest BCUT2D eigenvalue weighted by atomic mass is 14.9. The number of aryl methyl sites for hydroxylation is 1. The van der Waals surface area contributed by atoms with E-state index in [1.165, 1.54) is 0 Å². The van der Waals surface area contributed by atoms with E-state index < -0.39 is 0 Å². The lowest BCUT2D eigenvalue weighted by molar-refractivity contribution is 0.686. The predicted octanol–water partition coefficient (Wildman–Crippen LogP) is 3.25. The standard InChI is InChI=1S/C17H17N3/c1-12-7-8-14(10-19-12)17(18-2)15-9-13-5-3-4-6-16(13)20-11-15/h3-11,17-18H,1-2H3. The highest BCUT2D eigenvalue weighted by Gasteiger charge is 2.13. The van der Waals surface area contributed by atoms with Crippen LogP contribution in [-0.4, -0.2) is 17.0 Å². The molecule has 100 valence electrons. The summed E-state index contributed by atoms with van der Waals surface area (Å²) < 4.78 is 0. The van der Waals surface area contributed by atoms with E-state index in [0.29, 0.717) is 0 Å². The molecule has 1 aromatic carbocycles. The molecule has 2 heterocycles. The highest BCUT2D eigenvalue weighted by Crippen LogP contribution is 2.23. The number of pyridine rings is 2. The van der Waals surface area contributed by atoms with Gasteiger partial charge < -0.3 is 5.32 Å². The first kappa shape index (κ1) is 12.8. The van der Waals surface area contributed by atoms with Crippen molar-refractivity contribution in [3.05, 3.63) is 71.7 Å². The Morgan fingerprint density at radius 2 is 1.75 bits per heavy atom. The molecule has 0 aliphatic rings. The largest absolute Gasteiger partial charge is 0.309 e. The van der Waals surface area contributed by atoms with Gasteiger partial charge in [-0.05, 0) is 43.3 Å². The minimum atomic E-state index is 0.111. The van der Waals surface area contributed by atoms with Gasteiger partial charge in [0.05, 0.1) is 11.6 Å². The number of aromatic nitrogens is 2. The maximum Gasteiger partial charge on any atom is 0.0702 e. The maximum atomic E-state index is 4.53. The van der Waals surface area contributed by atoms with E-state index in [1.807, 2.05) is 50.6 Å². The van der Waals surface area contributed by atoms with Crippen molar-refractivity contribution in [3.8, 4) is 0 Å². The molecule has 0 saturated carbocycles. The fourth-order valence-electron chi connectivity index (χ4n) is 2.42. The first-order chi connectivity index (χ1) is 9.78. The molecule has 0 aliphatic carbocycles. The number of para-hydroxylation sites is 1. The average molecular weight is 263 g/mol. The molecule has 3 nitrogen and oxygen atoms in total. The van der Waals surface area contributed by atoms with E-state index in [9.17, 15) is 0 Å². The molecular weight excluding hydrogens is 246 g/mol. The van der Waals surface area contributed by atoms with E-state index >= 15 is 0 Å². The van der Waals surface area contributed by atoms with Crippen molar-refractivity contribution in [2.75, 3.05) is 7.05 Å². The number of nitrogens with zero attached hydrogens (tertiary/aromatic N) is 2. The van der Waals surface area contributed by atoms with E-state index in [1.54, 1.807) is 0 Å². The lowest BCUT2D eigenvalue weighted by Gasteiger charge is -2.17. The minimum absolute atomic E-state index is 0.111. The Bertz CT molecular complexity index is 720. The van der Waals surface area contributed by atoms with Gasteiger partial charge in [0, 0.05) is 23.5 Å². The van der Waals surface area contributed by atoms with Crippen LogP contribution < -0.4 is 5.32 Å². The number of rotatable bonds is 3. The van der Waals surface area contributed by atoms with Gasteiger partial charge in [0.1, 0.15) is 0 Å². The zero-order valence-electron chi connectivity index (χ0n) is 11.7. The smallest absolute Gasteiger partial charge is 0.0702 e. The lowest BCUT2D eigenvalue weighted by Crippen LogP contribution is -2.18. The molecule has 0 aliphatic heterocycles. The summed E-state index contributed by atoms with van der Waals surface area (Å²) in [6.07, 6.45) is 3.86. The van der Waals surface area contributed by atoms with Crippen LogP contribution in [0.25, 0.3) is 10.9 Å². The van der Waals surface area contributed by atoms with E-state index in [0.717, 1.165) is 27.7 Å². The lowest BCUT2D eigenvalue weighted by atomic mass is 10.0. The molecule has 0 bridgehead atoms. The van der Waals surface area contributed by atoms with Gasteiger partial charge in [-0.2, -0.15) is 0 Å². The molecule has 2 aromatic heterocycles. The third kappa shape index (κ3) is 2.40. The summed E-state index contributed by atoms with van der Waals surface area (Å²) in [6, 6.07) is 14.6. The predicted molar refractivity (Wildman–Crippen MR) is 81.6 cm³/mol. The van der Waals surface area contributed by atoms with Crippen LogP contribution >= 0.6 is 0 Å². The van der Waals surface area contributed by atoms with E-state index in [2.05, 4.69) is 33.5 Å². The summed E-state index contributed by atoms with van der Waals surface area (Å²) in [5.41, 5.74) is 4.35. The summed E-state index contributed by atoms with van der Waals surface area (Å²) >= 11 is 0. The van der Waals surface area contributed by atoms with Crippen molar-refractivity contribution in [1.82, 2.24) is 15.3 Å². The maximum absolute atomic E-state index is 4.53. The monoisotopic (exact) mass is 263 g/mol. The molecule has 0 amide bonds. The zero-order chi connectivity index (χ0) is 13.9. The molecule has 0 radical (unpaired) electrons. The van der Waals surface area contributed by atoms with Gasteiger partial charge >= 0.3 is 0 Å². The van der Waals surface area contributed by atoms with Gasteiger partial charge in [-0.15, -0.1) is 0 Å². The molecular formula is C17H17N3. The van der Waals surface area contributed by atoms with E-state index in [-0.39, 0.29) is 6.04 Å². The molecule has 1 atom stereocenters. The van der Waals surface area contributed by atoms with Crippen molar-refractivity contribution in [2.24, 2.45) is 0 Å². The minimum Gasteiger partial charge on any atom is -0.309 e. The number of benzene rings is 1. The van der Waals surface area contributed by atoms with Crippen molar-refractivity contribution in [2.45, 2.75) is 13.0 Å². The highest BCUT2D eigenvalue weighted by molar-refractivity contribution is 5.78. The van der Waals surface area contributed by atoms with Crippen LogP contribution in [0.4, 0.5) is 0 Å². The van der Waals surface area contributed by atoms with Gasteiger partial charge in [0.15, 0.2) is 0 Å². The molecule has 0 spiro atoms. The normalized spacial score (nSPS) is 12.5. The second-order valence-electron chi connectivity index (χ2n) is 4.92. The third-order valence-electron chi connectivity index (χ3n) is 3.50. The number of hydrogen-bond donors (Lipinski definition) is 1. The number of hydrogen-bond acceptors (Lipinski definition) is 3. The van der Waals surface area contributed by atoms with Crippen molar-refractivity contribution >= 4 is 10.9 Å². The molecule has 3 aromatic rings. The zero-order valence-corrected chi connectivity index (χ0v) is 11.7. The van der Waals surface area contributed by atoms with Gasteiger partial charge in [-0.25, -0.2) is 0 Å². The Kier molecular flexibility index (Phi) is 3.44. The van der Waals surface area contributed by atoms with Crippen molar-refractivity contribution < 1.29 is 0 Å². The van der Waals surface area contributed by atoms with Crippen LogP contribution in [0.2, 0.25) is 0 Å². The number of nitrogens with one attached hydrogen (secondary N) is 1. The molecule has 3 rings (SSSR count). The molecule has 1 unspecified atom stereocenters. The van der Waals surface area contributed by atoms with Crippen molar-refractivity contribution in [1.29, 1.82) is 0 Å². The van der Waals surface area contributed by atoms with Gasteiger partial charge in [0.2, 0.25) is 0 Å². The second-order valence-corrected chi connectivity index (χ2v) is 4.92. The van der Waals surface area contributed by atoms with Gasteiger partial charge in [0.25, 0.3) is 0 Å². The summed E-state index contributed by atoms with van der Waals surface area (Å²) in [4.78, 5) is 8.91. The van der Waals surface area contributed by atoms with E-state index in [4.69, 9.17) is 0 Å². The molecule has 0 saturated heterocycles. The SMILES string of the molecule is CNC(c1ccc(C)nc1)c1cnc2ccccc2c1. The second kappa shape index (κ2) is 5.39. The van der Waals surface area contributed by atoms with Crippen LogP contribution in [0.3, 0.4) is 0 Å². The summed E-state index contributed by atoms with van der Waals surface area (Å²) in [6.45, 7) is 2.00. The molecule has 0 fully saturated rings. The van der Waals surface area contributed by atoms with Crippen LogP contribution in [0.15, 0.2) is 54.9 Å². The summed E-state index contributed by atoms with van der Waals surface area (Å²) in [5, 5.41) is 4.50. The van der Waals surface area contributed by atoms with Gasteiger partial charge in [-0.1, -0.05) is 24.3 Å². The quantitative estimate of drug-likeness (QED) is 0.788. The first-order valence-corrected chi connectivity index (χ1v) is 6.72. The Labute approximate surface area is 118 Å². The van der Waals surface area contributed by atoms with Crippen LogP contribution in [0, 0.1) is 6.92 Å². The van der Waals surface area contributed by atoms with Crippen LogP contribution in [0.5, 0.6) is 0 Å². The fourth-order valence-corrected chi connectivity index (χ4v) is 2.42. The molecule has 1 N–H and O–H groups in total. The molecule has 3 heteroatoms. The Morgan fingerprint density at radius 1 is 0.950 bits per heavy atom. The Balaban J connectivity index is 2.04. The third-order valence-corrected chi connectivity index (χ3v) is 3.50. The summed E-state index contributed by atoms with van der Waals surface area (Å²) in [5.74, 6) is 0. The Morgan fingerprint density at radius 3 is 2.50 bits per heavy atom. The topological polar surface area (TPSA) is 37.8 Å². The van der Waals surface area contributed by atoms with Gasteiger partial charge in [-0.3, -0.25) is 9.97 Å². The van der Waals surface area contributed by atoms with Crippen LogP contribution in [-0.2, 0) is 0 Å². The number of fused-ring (bicyclic) bond motifs is 1. The van der Waals surface area contributed by atoms with Crippen molar-refractivity contribution in [3.63, 3.8) is 0 Å². The van der Waals surface area contributed by atoms with Crippen LogP contribution in [0.1, 0.15) is 22.9 Å². The molecule has 20 heavy (non-hydrogen) atoms. The first-order valence-electron chi connectivity index (χ1n) is 6.72.